The molecule has 0 bridgehead atoms. The van der Waals surface area contributed by atoms with Gasteiger partial charge in [-0.05, 0) is 35.9 Å². The fraction of sp³-hybridized carbons (Fsp3) is 0.118. The van der Waals surface area contributed by atoms with Gasteiger partial charge in [-0.25, -0.2) is 8.42 Å². The maximum atomic E-state index is 12.1. The molecule has 0 aliphatic rings. The van der Waals surface area contributed by atoms with E-state index >= 15 is 0 Å². The van der Waals surface area contributed by atoms with Gasteiger partial charge in [0.1, 0.15) is 5.75 Å². The number of rotatable bonds is 5. The predicted octanol–water partition coefficient (Wildman–Crippen LogP) is 2.99. The van der Waals surface area contributed by atoms with Crippen LogP contribution in [0, 0.1) is 0 Å². The third-order valence-electron chi connectivity index (χ3n) is 3.09. The first kappa shape index (κ1) is 16.0. The molecule has 0 unspecified atom stereocenters. The summed E-state index contributed by atoms with van der Waals surface area (Å²) in [5.74, 6) is 0.475. The maximum absolute atomic E-state index is 12.1. The number of ether oxygens (including phenoxy) is 1. The second-order valence-corrected chi connectivity index (χ2v) is 6.79. The highest BCUT2D eigenvalue weighted by Gasteiger charge is 2.06. The van der Waals surface area contributed by atoms with Gasteiger partial charge in [-0.15, -0.1) is 0 Å². The Hall–Kier alpha value is -2.40. The smallest absolute Gasteiger partial charge is 0.185 e. The molecule has 0 atom stereocenters. The summed E-state index contributed by atoms with van der Waals surface area (Å²) >= 11 is 0. The monoisotopic (exact) mass is 316 g/mol. The average molecular weight is 316 g/mol. The summed E-state index contributed by atoms with van der Waals surface area (Å²) in [5, 5.41) is 0. The minimum atomic E-state index is -3.21. The molecular weight excluding hydrogens is 300 g/mol. The highest BCUT2D eigenvalue weighted by molar-refractivity contribution is 7.90. The van der Waals surface area contributed by atoms with E-state index in [2.05, 4.69) is 0 Å². The van der Waals surface area contributed by atoms with Crippen LogP contribution >= 0.6 is 0 Å². The number of carbonyl (C=O) groups is 1. The topological polar surface area (TPSA) is 60.4 Å². The fourth-order valence-corrected chi connectivity index (χ4v) is 2.50. The van der Waals surface area contributed by atoms with Crippen LogP contribution in [-0.4, -0.2) is 27.6 Å². The van der Waals surface area contributed by atoms with Crippen LogP contribution in [0.15, 0.2) is 59.5 Å². The van der Waals surface area contributed by atoms with E-state index in [1.165, 1.54) is 18.2 Å². The van der Waals surface area contributed by atoms with E-state index in [0.717, 1.165) is 11.8 Å². The van der Waals surface area contributed by atoms with Gasteiger partial charge >= 0.3 is 0 Å². The lowest BCUT2D eigenvalue weighted by Crippen LogP contribution is -1.96. The lowest BCUT2D eigenvalue weighted by Gasteiger charge is -2.01. The second kappa shape index (κ2) is 6.58. The van der Waals surface area contributed by atoms with E-state index < -0.39 is 9.84 Å². The van der Waals surface area contributed by atoms with Gasteiger partial charge in [0.25, 0.3) is 0 Å². The molecule has 0 aliphatic carbocycles. The number of benzene rings is 2. The third kappa shape index (κ3) is 4.05. The molecule has 5 heteroatoms. The van der Waals surface area contributed by atoms with Crippen molar-refractivity contribution in [3.63, 3.8) is 0 Å². The van der Waals surface area contributed by atoms with E-state index in [-0.39, 0.29) is 10.7 Å². The predicted molar refractivity (Wildman–Crippen MR) is 85.9 cm³/mol. The quantitative estimate of drug-likeness (QED) is 0.628. The Bertz CT molecular complexity index is 803. The van der Waals surface area contributed by atoms with Gasteiger partial charge in [-0.3, -0.25) is 4.79 Å². The summed E-state index contributed by atoms with van der Waals surface area (Å²) in [6.07, 6.45) is 4.25. The number of methoxy groups -OCH3 is 1. The molecule has 0 N–H and O–H groups in total. The normalized spacial score (nSPS) is 11.5. The van der Waals surface area contributed by atoms with Gasteiger partial charge in [-0.1, -0.05) is 30.3 Å². The van der Waals surface area contributed by atoms with Crippen molar-refractivity contribution >= 4 is 21.7 Å². The molecule has 0 amide bonds. The summed E-state index contributed by atoms with van der Waals surface area (Å²) < 4.78 is 27.8. The molecule has 0 fully saturated rings. The molecule has 0 aromatic heterocycles. The van der Waals surface area contributed by atoms with Crippen molar-refractivity contribution in [1.29, 1.82) is 0 Å². The number of hydrogen-bond donors (Lipinski definition) is 0. The number of ketones is 1. The number of allylic oxidation sites excluding steroid dienone is 1. The Labute approximate surface area is 130 Å². The zero-order valence-corrected chi connectivity index (χ0v) is 13.1. The van der Waals surface area contributed by atoms with Gasteiger partial charge in [0.05, 0.1) is 12.0 Å². The van der Waals surface area contributed by atoms with Gasteiger partial charge in [0.15, 0.2) is 15.6 Å². The maximum Gasteiger partial charge on any atom is 0.185 e. The van der Waals surface area contributed by atoms with Gasteiger partial charge < -0.3 is 4.74 Å². The van der Waals surface area contributed by atoms with Crippen molar-refractivity contribution in [3.05, 3.63) is 65.7 Å². The summed E-state index contributed by atoms with van der Waals surface area (Å²) in [7, 11) is -1.66. The van der Waals surface area contributed by atoms with Gasteiger partial charge in [0, 0.05) is 11.8 Å². The van der Waals surface area contributed by atoms with Crippen molar-refractivity contribution < 1.29 is 17.9 Å². The lowest BCUT2D eigenvalue weighted by atomic mass is 10.1. The molecule has 0 saturated heterocycles. The van der Waals surface area contributed by atoms with Crippen LogP contribution in [-0.2, 0) is 9.84 Å². The van der Waals surface area contributed by atoms with E-state index in [4.69, 9.17) is 4.74 Å². The molecule has 114 valence electrons. The van der Waals surface area contributed by atoms with Crippen LogP contribution in [0.3, 0.4) is 0 Å². The van der Waals surface area contributed by atoms with Crippen LogP contribution in [0.2, 0.25) is 0 Å². The zero-order valence-electron chi connectivity index (χ0n) is 12.3. The van der Waals surface area contributed by atoms with Crippen molar-refractivity contribution in [2.24, 2.45) is 0 Å². The molecular formula is C17H16O4S. The first-order chi connectivity index (χ1) is 10.4. The third-order valence-corrected chi connectivity index (χ3v) is 4.22. The molecule has 0 saturated carbocycles. The SMILES string of the molecule is COc1cccc(C(=O)/C=C/c2ccc(S(C)(=O)=O)cc2)c1. The van der Waals surface area contributed by atoms with Crippen LogP contribution in [0.5, 0.6) is 5.75 Å². The second-order valence-electron chi connectivity index (χ2n) is 4.77. The Morgan fingerprint density at radius 2 is 1.77 bits per heavy atom. The molecule has 4 nitrogen and oxygen atoms in total. The van der Waals surface area contributed by atoms with Crippen molar-refractivity contribution in [3.8, 4) is 5.75 Å². The molecule has 0 aliphatic heterocycles. The summed E-state index contributed by atoms with van der Waals surface area (Å²) in [5.41, 5.74) is 1.28. The highest BCUT2D eigenvalue weighted by Crippen LogP contribution is 2.15. The minimum absolute atomic E-state index is 0.147. The highest BCUT2D eigenvalue weighted by atomic mass is 32.2. The number of sulfone groups is 1. The first-order valence-corrected chi connectivity index (χ1v) is 8.46. The first-order valence-electron chi connectivity index (χ1n) is 6.57. The van der Waals surface area contributed by atoms with E-state index in [1.54, 1.807) is 49.6 Å². The summed E-state index contributed by atoms with van der Waals surface area (Å²) in [6, 6.07) is 13.3. The van der Waals surface area contributed by atoms with Crippen molar-refractivity contribution in [1.82, 2.24) is 0 Å². The van der Waals surface area contributed by atoms with Crippen molar-refractivity contribution in [2.45, 2.75) is 4.90 Å². The van der Waals surface area contributed by atoms with Crippen LogP contribution < -0.4 is 4.74 Å². The average Bonchev–Trinajstić information content (AvgIpc) is 2.52. The molecule has 2 aromatic rings. The standard InChI is InChI=1S/C17H16O4S/c1-21-15-5-3-4-14(12-15)17(18)11-8-13-6-9-16(10-7-13)22(2,19)20/h3-12H,1-2H3/b11-8+. The molecule has 0 spiro atoms. The van der Waals surface area contributed by atoms with Gasteiger partial charge in [-0.2, -0.15) is 0 Å². The minimum Gasteiger partial charge on any atom is -0.497 e. The molecule has 0 heterocycles. The lowest BCUT2D eigenvalue weighted by molar-refractivity contribution is 0.104. The van der Waals surface area contributed by atoms with E-state index in [0.29, 0.717) is 11.3 Å². The van der Waals surface area contributed by atoms with Crippen molar-refractivity contribution in [2.75, 3.05) is 13.4 Å². The number of hydrogen-bond acceptors (Lipinski definition) is 4. The Morgan fingerprint density at radius 1 is 1.09 bits per heavy atom. The Balaban J connectivity index is 2.15. The molecule has 0 radical (unpaired) electrons. The molecule has 2 aromatic carbocycles. The zero-order chi connectivity index (χ0) is 16.2. The van der Waals surface area contributed by atoms with Crippen LogP contribution in [0.4, 0.5) is 0 Å². The number of carbonyl (C=O) groups excluding carboxylic acids is 1. The Kier molecular flexibility index (Phi) is 4.78. The van der Waals surface area contributed by atoms with Crippen LogP contribution in [0.1, 0.15) is 15.9 Å². The molecule has 2 rings (SSSR count). The van der Waals surface area contributed by atoms with Crippen LogP contribution in [0.25, 0.3) is 6.08 Å². The summed E-state index contributed by atoms with van der Waals surface area (Å²) in [4.78, 5) is 12.3. The molecule has 22 heavy (non-hydrogen) atoms. The van der Waals surface area contributed by atoms with E-state index in [1.807, 2.05) is 0 Å². The Morgan fingerprint density at radius 3 is 2.36 bits per heavy atom. The van der Waals surface area contributed by atoms with E-state index in [9.17, 15) is 13.2 Å². The fourth-order valence-electron chi connectivity index (χ4n) is 1.87. The van der Waals surface area contributed by atoms with Gasteiger partial charge in [0.2, 0.25) is 0 Å². The largest absolute Gasteiger partial charge is 0.497 e. The summed E-state index contributed by atoms with van der Waals surface area (Å²) in [6.45, 7) is 0.